The van der Waals surface area contributed by atoms with Crippen LogP contribution in [-0.4, -0.2) is 20.7 Å². The minimum Gasteiger partial charge on any atom is -0.436 e. The Hall–Kier alpha value is -4.25. The summed E-state index contributed by atoms with van der Waals surface area (Å²) in [6.07, 6.45) is 2.85. The second-order valence-electron chi connectivity index (χ2n) is 6.27. The number of H-pyrrole nitrogens is 1. The highest BCUT2D eigenvalue weighted by molar-refractivity contribution is 6.18. The Bertz CT molecular complexity index is 1310. The summed E-state index contributed by atoms with van der Waals surface area (Å²) < 4.78 is 19.2. The number of anilines is 1. The maximum absolute atomic E-state index is 13.8. The number of nitrogens with two attached hydrogens (primary N) is 1. The number of rotatable bonds is 4. The third-order valence-electron chi connectivity index (χ3n) is 4.46. The van der Waals surface area contributed by atoms with Crippen LogP contribution in [0, 0.1) is 24.1 Å². The Labute approximate surface area is 164 Å². The van der Waals surface area contributed by atoms with Gasteiger partial charge in [-0.2, -0.15) is 5.26 Å². The molecule has 0 amide bonds. The topological polar surface area (TPSA) is 118 Å². The zero-order valence-electron chi connectivity index (χ0n) is 15.2. The normalized spacial score (nSPS) is 10.7. The van der Waals surface area contributed by atoms with Gasteiger partial charge in [-0.15, -0.1) is 0 Å². The van der Waals surface area contributed by atoms with E-state index in [9.17, 15) is 9.18 Å². The summed E-state index contributed by atoms with van der Waals surface area (Å²) in [4.78, 5) is 24.4. The molecule has 4 aromatic rings. The lowest BCUT2D eigenvalue weighted by Gasteiger charge is -2.09. The number of aromatic amines is 1. The van der Waals surface area contributed by atoms with Crippen LogP contribution in [-0.2, 0) is 0 Å². The fraction of sp³-hybridized carbons (Fsp3) is 0.0476. The first-order chi connectivity index (χ1) is 14.0. The molecule has 0 fully saturated rings. The first kappa shape index (κ1) is 18.1. The van der Waals surface area contributed by atoms with Gasteiger partial charge in [0.05, 0.1) is 27.9 Å². The molecule has 3 heterocycles. The molecule has 0 aliphatic heterocycles. The summed E-state index contributed by atoms with van der Waals surface area (Å²) in [6, 6.07) is 11.0. The summed E-state index contributed by atoms with van der Waals surface area (Å²) in [5.41, 5.74) is 7.85. The molecule has 29 heavy (non-hydrogen) atoms. The number of nitriles is 1. The molecule has 0 saturated heterocycles. The van der Waals surface area contributed by atoms with Gasteiger partial charge < -0.3 is 15.5 Å². The number of benzene rings is 1. The molecule has 0 saturated carbocycles. The number of aryl methyl sites for hydroxylation is 1. The fourth-order valence-corrected chi connectivity index (χ4v) is 3.01. The smallest absolute Gasteiger partial charge is 0.219 e. The first-order valence-corrected chi connectivity index (χ1v) is 8.60. The molecular formula is C21H14FN5O2. The molecule has 0 spiro atoms. The number of halogens is 1. The number of nitrogens with one attached hydrogen (secondary N) is 1. The molecule has 7 nitrogen and oxygen atoms in total. The van der Waals surface area contributed by atoms with E-state index in [1.54, 1.807) is 25.1 Å². The van der Waals surface area contributed by atoms with E-state index in [-0.39, 0.29) is 34.2 Å². The van der Waals surface area contributed by atoms with E-state index in [0.717, 1.165) is 0 Å². The van der Waals surface area contributed by atoms with Gasteiger partial charge in [0.15, 0.2) is 17.3 Å². The van der Waals surface area contributed by atoms with Crippen LogP contribution in [0.15, 0.2) is 48.8 Å². The van der Waals surface area contributed by atoms with Gasteiger partial charge in [0.25, 0.3) is 0 Å². The van der Waals surface area contributed by atoms with Gasteiger partial charge in [0.2, 0.25) is 5.88 Å². The van der Waals surface area contributed by atoms with Crippen molar-refractivity contribution in [2.24, 2.45) is 0 Å². The van der Waals surface area contributed by atoms with Crippen LogP contribution in [0.1, 0.15) is 27.2 Å². The minimum atomic E-state index is -0.512. The highest BCUT2D eigenvalue weighted by Gasteiger charge is 2.21. The number of hydrogen-bond donors (Lipinski definition) is 2. The Morgan fingerprint density at radius 3 is 2.76 bits per heavy atom. The molecule has 0 radical (unpaired) electrons. The standard InChI is InChI=1S/C21H14FN5O2/c1-11-13(6-7-17(27-11)29-16-5-3-2-4-15(16)22)20(28)14-10-26-21-18(14)19(24)12(8-23)9-25-21/h2-7,9-10H,1H3,(H3,24,25,26). The Morgan fingerprint density at radius 2 is 2.03 bits per heavy atom. The number of para-hydroxylation sites is 1. The lowest BCUT2D eigenvalue weighted by atomic mass is 10.0. The molecule has 0 aliphatic rings. The average molecular weight is 387 g/mol. The molecular weight excluding hydrogens is 373 g/mol. The zero-order valence-corrected chi connectivity index (χ0v) is 15.2. The second-order valence-corrected chi connectivity index (χ2v) is 6.27. The minimum absolute atomic E-state index is 0.0398. The lowest BCUT2D eigenvalue weighted by molar-refractivity contribution is 0.103. The summed E-state index contributed by atoms with van der Waals surface area (Å²) in [5.74, 6) is -0.640. The average Bonchev–Trinajstić information content (AvgIpc) is 3.15. The summed E-state index contributed by atoms with van der Waals surface area (Å²) in [6.45, 7) is 1.65. The first-order valence-electron chi connectivity index (χ1n) is 8.60. The van der Waals surface area contributed by atoms with E-state index in [4.69, 9.17) is 15.7 Å². The SMILES string of the molecule is Cc1nc(Oc2ccccc2F)ccc1C(=O)c1c[nH]c2ncc(C#N)c(N)c12. The van der Waals surface area contributed by atoms with Crippen LogP contribution in [0.2, 0.25) is 0 Å². The number of carbonyl (C=O) groups excluding carboxylic acids is 1. The third kappa shape index (κ3) is 3.15. The molecule has 0 bridgehead atoms. The van der Waals surface area contributed by atoms with Crippen LogP contribution >= 0.6 is 0 Å². The van der Waals surface area contributed by atoms with Crippen molar-refractivity contribution in [2.45, 2.75) is 6.92 Å². The van der Waals surface area contributed by atoms with E-state index in [1.807, 2.05) is 6.07 Å². The Kier molecular flexibility index (Phi) is 4.41. The van der Waals surface area contributed by atoms with Crippen molar-refractivity contribution in [3.05, 3.63) is 77.0 Å². The van der Waals surface area contributed by atoms with E-state index in [0.29, 0.717) is 22.3 Å². The van der Waals surface area contributed by atoms with Gasteiger partial charge >= 0.3 is 0 Å². The van der Waals surface area contributed by atoms with Gasteiger partial charge in [-0.1, -0.05) is 12.1 Å². The third-order valence-corrected chi connectivity index (χ3v) is 4.46. The molecule has 3 aromatic heterocycles. The van der Waals surface area contributed by atoms with Crippen molar-refractivity contribution >= 4 is 22.5 Å². The van der Waals surface area contributed by atoms with Crippen molar-refractivity contribution in [2.75, 3.05) is 5.73 Å². The molecule has 4 rings (SSSR count). The van der Waals surface area contributed by atoms with Crippen LogP contribution in [0.3, 0.4) is 0 Å². The number of ether oxygens (including phenoxy) is 1. The van der Waals surface area contributed by atoms with Crippen molar-refractivity contribution in [3.63, 3.8) is 0 Å². The number of ketones is 1. The number of nitrogen functional groups attached to an aromatic ring is 1. The molecule has 1 aromatic carbocycles. The van der Waals surface area contributed by atoms with Gasteiger partial charge in [0.1, 0.15) is 11.7 Å². The number of hydrogen-bond acceptors (Lipinski definition) is 6. The predicted molar refractivity (Wildman–Crippen MR) is 104 cm³/mol. The Morgan fingerprint density at radius 1 is 1.24 bits per heavy atom. The van der Waals surface area contributed by atoms with Crippen LogP contribution < -0.4 is 10.5 Å². The van der Waals surface area contributed by atoms with E-state index >= 15 is 0 Å². The maximum atomic E-state index is 13.8. The van der Waals surface area contributed by atoms with Crippen molar-refractivity contribution in [1.82, 2.24) is 15.0 Å². The van der Waals surface area contributed by atoms with Crippen molar-refractivity contribution < 1.29 is 13.9 Å². The molecule has 0 atom stereocenters. The number of aromatic nitrogens is 3. The van der Waals surface area contributed by atoms with E-state index in [2.05, 4.69) is 15.0 Å². The monoisotopic (exact) mass is 387 g/mol. The van der Waals surface area contributed by atoms with Crippen molar-refractivity contribution in [1.29, 1.82) is 5.26 Å². The molecule has 3 N–H and O–H groups in total. The largest absolute Gasteiger partial charge is 0.436 e. The lowest BCUT2D eigenvalue weighted by Crippen LogP contribution is -2.06. The van der Waals surface area contributed by atoms with E-state index < -0.39 is 5.82 Å². The highest BCUT2D eigenvalue weighted by Crippen LogP contribution is 2.29. The zero-order chi connectivity index (χ0) is 20.5. The number of pyridine rings is 2. The summed E-state index contributed by atoms with van der Waals surface area (Å²) in [5, 5.41) is 9.55. The molecule has 0 aliphatic carbocycles. The number of carbonyl (C=O) groups is 1. The predicted octanol–water partition coefficient (Wildman–Crippen LogP) is 3.88. The fourth-order valence-electron chi connectivity index (χ4n) is 3.01. The number of nitrogens with zero attached hydrogens (tertiary/aromatic N) is 3. The van der Waals surface area contributed by atoms with Gasteiger partial charge in [0, 0.05) is 24.0 Å². The summed E-state index contributed by atoms with van der Waals surface area (Å²) in [7, 11) is 0. The maximum Gasteiger partial charge on any atom is 0.219 e. The Balaban J connectivity index is 1.71. The quantitative estimate of drug-likeness (QED) is 0.513. The van der Waals surface area contributed by atoms with Crippen LogP contribution in [0.5, 0.6) is 11.6 Å². The van der Waals surface area contributed by atoms with E-state index in [1.165, 1.54) is 30.6 Å². The van der Waals surface area contributed by atoms with Gasteiger partial charge in [-0.05, 0) is 25.1 Å². The van der Waals surface area contributed by atoms with Crippen LogP contribution in [0.4, 0.5) is 10.1 Å². The van der Waals surface area contributed by atoms with Gasteiger partial charge in [-0.25, -0.2) is 14.4 Å². The van der Waals surface area contributed by atoms with Crippen LogP contribution in [0.25, 0.3) is 11.0 Å². The summed E-state index contributed by atoms with van der Waals surface area (Å²) >= 11 is 0. The molecule has 142 valence electrons. The second kappa shape index (κ2) is 7.05. The van der Waals surface area contributed by atoms with Crippen molar-refractivity contribution in [3.8, 4) is 17.7 Å². The molecule has 0 unspecified atom stereocenters. The highest BCUT2D eigenvalue weighted by atomic mass is 19.1. The number of fused-ring (bicyclic) bond motifs is 1. The van der Waals surface area contributed by atoms with Gasteiger partial charge in [-0.3, -0.25) is 4.79 Å². The molecule has 8 heteroatoms.